The molecule has 3 heterocycles. The van der Waals surface area contributed by atoms with E-state index in [9.17, 15) is 18.0 Å². The van der Waals surface area contributed by atoms with E-state index in [0.717, 1.165) is 37.5 Å². The summed E-state index contributed by atoms with van der Waals surface area (Å²) < 4.78 is 44.5. The van der Waals surface area contributed by atoms with E-state index in [2.05, 4.69) is 15.2 Å². The molecule has 1 amide bonds. The summed E-state index contributed by atoms with van der Waals surface area (Å²) >= 11 is 1.34. The summed E-state index contributed by atoms with van der Waals surface area (Å²) in [5.74, 6) is 0.128. The molecule has 0 spiro atoms. The Bertz CT molecular complexity index is 1050. The van der Waals surface area contributed by atoms with Crippen LogP contribution in [0.25, 0.3) is 11.3 Å². The molecule has 0 aliphatic carbocycles. The topological polar surface area (TPSA) is 58.4 Å². The smallest absolute Gasteiger partial charge is 0.416 e. The maximum Gasteiger partial charge on any atom is 0.416 e. The summed E-state index contributed by atoms with van der Waals surface area (Å²) in [5.41, 5.74) is 0.659. The van der Waals surface area contributed by atoms with Crippen LogP contribution in [0.3, 0.4) is 0 Å². The highest BCUT2D eigenvalue weighted by Crippen LogP contribution is 2.33. The Morgan fingerprint density at radius 2 is 2.03 bits per heavy atom. The molecule has 1 aliphatic heterocycles. The number of rotatable bonds is 5. The molecule has 1 saturated heterocycles. The van der Waals surface area contributed by atoms with Crippen molar-refractivity contribution in [3.8, 4) is 11.3 Å². The van der Waals surface area contributed by atoms with E-state index in [1.807, 2.05) is 5.38 Å². The van der Waals surface area contributed by atoms with E-state index < -0.39 is 17.6 Å². The molecular weight excluding hydrogens is 415 g/mol. The number of hydrogen-bond donors (Lipinski definition) is 1. The third-order valence-electron chi connectivity index (χ3n) is 4.99. The van der Waals surface area contributed by atoms with Gasteiger partial charge in [0.25, 0.3) is 5.91 Å². The lowest BCUT2D eigenvalue weighted by atomic mass is 10.1. The van der Waals surface area contributed by atoms with E-state index in [0.29, 0.717) is 10.9 Å². The van der Waals surface area contributed by atoms with Gasteiger partial charge in [-0.15, -0.1) is 11.3 Å². The van der Waals surface area contributed by atoms with Gasteiger partial charge in [0.2, 0.25) is 0 Å². The molecule has 158 valence electrons. The number of aryl methyl sites for hydroxylation is 1. The van der Waals surface area contributed by atoms with Crippen LogP contribution >= 0.6 is 11.3 Å². The molecule has 4 rings (SSSR count). The lowest BCUT2D eigenvalue weighted by molar-refractivity contribution is -0.137. The van der Waals surface area contributed by atoms with Crippen LogP contribution < -0.4 is 5.32 Å². The highest BCUT2D eigenvalue weighted by atomic mass is 32.1. The van der Waals surface area contributed by atoms with Crippen LogP contribution in [0.15, 0.2) is 40.1 Å². The van der Waals surface area contributed by atoms with Gasteiger partial charge in [0.1, 0.15) is 11.5 Å². The molecule has 1 N–H and O–H groups in total. The van der Waals surface area contributed by atoms with Crippen molar-refractivity contribution < 1.29 is 22.4 Å². The third kappa shape index (κ3) is 4.57. The van der Waals surface area contributed by atoms with Crippen molar-refractivity contribution >= 4 is 22.4 Å². The first-order valence-electron chi connectivity index (χ1n) is 9.56. The average Bonchev–Trinajstić information content (AvgIpc) is 3.43. The number of thiazole rings is 1. The Labute approximate surface area is 175 Å². The zero-order valence-corrected chi connectivity index (χ0v) is 17.1. The molecule has 0 bridgehead atoms. The molecule has 0 radical (unpaired) electrons. The molecule has 0 saturated carbocycles. The van der Waals surface area contributed by atoms with Gasteiger partial charge < -0.3 is 4.42 Å². The Morgan fingerprint density at radius 1 is 1.27 bits per heavy atom. The minimum absolute atomic E-state index is 0.206. The number of nitrogens with one attached hydrogen (secondary N) is 1. The summed E-state index contributed by atoms with van der Waals surface area (Å²) in [7, 11) is 0. The fourth-order valence-corrected chi connectivity index (χ4v) is 4.17. The molecule has 30 heavy (non-hydrogen) atoms. The average molecular weight is 435 g/mol. The second kappa shape index (κ2) is 8.23. The van der Waals surface area contributed by atoms with E-state index >= 15 is 0 Å². The third-order valence-corrected chi connectivity index (χ3v) is 5.80. The maximum absolute atomic E-state index is 13.0. The number of hydrogen-bond acceptors (Lipinski definition) is 5. The second-order valence-electron chi connectivity index (χ2n) is 7.24. The van der Waals surface area contributed by atoms with E-state index in [1.54, 1.807) is 6.92 Å². The van der Waals surface area contributed by atoms with Crippen molar-refractivity contribution in [2.24, 2.45) is 0 Å². The molecule has 9 heteroatoms. The zero-order chi connectivity index (χ0) is 21.3. The van der Waals surface area contributed by atoms with E-state index in [4.69, 9.17) is 4.42 Å². The number of amides is 1. The van der Waals surface area contributed by atoms with Crippen LogP contribution in [-0.4, -0.2) is 28.9 Å². The molecular formula is C21H20F3N3O2S. The minimum atomic E-state index is -4.45. The summed E-state index contributed by atoms with van der Waals surface area (Å²) in [6, 6.07) is 6.29. The summed E-state index contributed by atoms with van der Waals surface area (Å²) in [6.07, 6.45) is -2.06. The number of carbonyl (C=O) groups is 1. The van der Waals surface area contributed by atoms with Crippen LogP contribution in [0.1, 0.15) is 40.2 Å². The van der Waals surface area contributed by atoms with Gasteiger partial charge in [-0.2, -0.15) is 13.2 Å². The van der Waals surface area contributed by atoms with Crippen LogP contribution in [0.5, 0.6) is 0 Å². The number of carbonyl (C=O) groups excluding carboxylic acids is 1. The first-order valence-corrected chi connectivity index (χ1v) is 10.4. The van der Waals surface area contributed by atoms with Crippen molar-refractivity contribution in [3.05, 3.63) is 58.3 Å². The zero-order valence-electron chi connectivity index (χ0n) is 16.3. The summed E-state index contributed by atoms with van der Waals surface area (Å²) in [5, 5.41) is 5.16. The minimum Gasteiger partial charge on any atom is -0.461 e. The SMILES string of the molecule is Cc1oc(-c2cccc(C(F)(F)F)c2)cc1C(=O)Nc1nc(CN2CCCC2)cs1. The number of nitrogens with zero attached hydrogens (tertiary/aromatic N) is 2. The number of anilines is 1. The standard InChI is InChI=1S/C21H20F3N3O2S/c1-13-17(10-18(29-13)14-5-4-6-15(9-14)21(22,23)24)19(28)26-20-25-16(12-30-20)11-27-7-2-3-8-27/h4-6,9-10,12H,2-3,7-8,11H2,1H3,(H,25,26,28). The van der Waals surface area contributed by atoms with Crippen molar-refractivity contribution in [1.29, 1.82) is 0 Å². The van der Waals surface area contributed by atoms with Crippen molar-refractivity contribution in [3.63, 3.8) is 0 Å². The van der Waals surface area contributed by atoms with Crippen molar-refractivity contribution in [2.45, 2.75) is 32.5 Å². The Hall–Kier alpha value is -2.65. The Morgan fingerprint density at radius 3 is 2.77 bits per heavy atom. The first-order chi connectivity index (χ1) is 14.3. The molecule has 0 atom stereocenters. The van der Waals surface area contributed by atoms with Crippen LogP contribution in [-0.2, 0) is 12.7 Å². The van der Waals surface area contributed by atoms with Gasteiger partial charge in [-0.05, 0) is 51.1 Å². The molecule has 0 unspecified atom stereocenters. The molecule has 1 fully saturated rings. The second-order valence-corrected chi connectivity index (χ2v) is 8.10. The quantitative estimate of drug-likeness (QED) is 0.569. The predicted molar refractivity (Wildman–Crippen MR) is 108 cm³/mol. The van der Waals surface area contributed by atoms with Crippen molar-refractivity contribution in [2.75, 3.05) is 18.4 Å². The lowest BCUT2D eigenvalue weighted by Crippen LogP contribution is -2.18. The number of alkyl halides is 3. The molecule has 3 aromatic rings. The summed E-state index contributed by atoms with van der Waals surface area (Å²) in [6.45, 7) is 4.49. The first kappa shape index (κ1) is 20.6. The van der Waals surface area contributed by atoms with Gasteiger partial charge in [-0.1, -0.05) is 12.1 Å². The van der Waals surface area contributed by atoms with E-state index in [1.165, 1.54) is 42.4 Å². The Kier molecular flexibility index (Phi) is 5.66. The van der Waals surface area contributed by atoms with Crippen LogP contribution in [0.4, 0.5) is 18.3 Å². The number of aromatic nitrogens is 1. The van der Waals surface area contributed by atoms with Crippen molar-refractivity contribution in [1.82, 2.24) is 9.88 Å². The van der Waals surface area contributed by atoms with Gasteiger partial charge >= 0.3 is 6.18 Å². The predicted octanol–water partition coefficient (Wildman–Crippen LogP) is 5.58. The van der Waals surface area contributed by atoms with Gasteiger partial charge in [0.15, 0.2) is 5.13 Å². The number of benzene rings is 1. The molecule has 2 aromatic heterocycles. The van der Waals surface area contributed by atoms with Gasteiger partial charge in [0.05, 0.1) is 16.8 Å². The largest absolute Gasteiger partial charge is 0.461 e. The highest BCUT2D eigenvalue weighted by Gasteiger charge is 2.31. The van der Waals surface area contributed by atoms with Gasteiger partial charge in [-0.25, -0.2) is 4.98 Å². The Balaban J connectivity index is 1.48. The maximum atomic E-state index is 13.0. The number of furan rings is 1. The van der Waals surface area contributed by atoms with Gasteiger partial charge in [0, 0.05) is 17.5 Å². The van der Waals surface area contributed by atoms with Crippen LogP contribution in [0.2, 0.25) is 0 Å². The summed E-state index contributed by atoms with van der Waals surface area (Å²) in [4.78, 5) is 19.4. The van der Waals surface area contributed by atoms with Crippen LogP contribution in [0, 0.1) is 6.92 Å². The lowest BCUT2D eigenvalue weighted by Gasteiger charge is -2.11. The van der Waals surface area contributed by atoms with Gasteiger partial charge in [-0.3, -0.25) is 15.0 Å². The molecule has 1 aliphatic rings. The monoisotopic (exact) mass is 435 g/mol. The molecule has 5 nitrogen and oxygen atoms in total. The highest BCUT2D eigenvalue weighted by molar-refractivity contribution is 7.14. The fraction of sp³-hybridized carbons (Fsp3) is 0.333. The number of halogens is 3. The number of likely N-dealkylation sites (tertiary alicyclic amines) is 1. The van der Waals surface area contributed by atoms with E-state index in [-0.39, 0.29) is 16.9 Å². The fourth-order valence-electron chi connectivity index (χ4n) is 3.47. The normalized spacial score (nSPS) is 14.9. The molecule has 1 aromatic carbocycles.